The second-order valence-electron chi connectivity index (χ2n) is 4.21. The number of nitro benzene ring substituents is 1. The molecule has 1 aromatic carbocycles. The Morgan fingerprint density at radius 1 is 1.30 bits per heavy atom. The molecule has 1 aromatic rings. The van der Waals surface area contributed by atoms with Gasteiger partial charge in [0.05, 0.1) is 25.2 Å². The van der Waals surface area contributed by atoms with Crippen LogP contribution in [0, 0.1) is 10.1 Å². The van der Waals surface area contributed by atoms with E-state index in [0.717, 1.165) is 7.11 Å². The fourth-order valence-corrected chi connectivity index (χ4v) is 3.41. The molecule has 0 N–H and O–H groups in total. The molecule has 0 saturated carbocycles. The van der Waals surface area contributed by atoms with Crippen molar-refractivity contribution in [2.75, 3.05) is 20.3 Å². The lowest BCUT2D eigenvalue weighted by Crippen LogP contribution is -2.09. The summed E-state index contributed by atoms with van der Waals surface area (Å²) < 4.78 is 27.7. The maximum Gasteiger partial charge on any atom is 0.368 e. The van der Waals surface area contributed by atoms with Crippen LogP contribution in [0.5, 0.6) is 0 Å². The maximum absolute atomic E-state index is 12.8. The Hall–Kier alpha value is -2.02. The van der Waals surface area contributed by atoms with Gasteiger partial charge in [0.25, 0.3) is 5.69 Å². The highest BCUT2D eigenvalue weighted by atomic mass is 31.2. The summed E-state index contributed by atoms with van der Waals surface area (Å²) in [6.45, 7) is 3.32. The van der Waals surface area contributed by atoms with E-state index in [1.165, 1.54) is 30.3 Å². The molecule has 0 amide bonds. The Bertz CT molecular complexity index is 646. The molecule has 9 heteroatoms. The van der Waals surface area contributed by atoms with Crippen LogP contribution in [0.1, 0.15) is 19.4 Å². The van der Waals surface area contributed by atoms with Gasteiger partial charge in [-0.25, -0.2) is 4.79 Å². The summed E-state index contributed by atoms with van der Waals surface area (Å²) in [4.78, 5) is 22.2. The van der Waals surface area contributed by atoms with E-state index in [1.807, 2.05) is 0 Å². The molecule has 126 valence electrons. The van der Waals surface area contributed by atoms with Gasteiger partial charge in [-0.3, -0.25) is 14.7 Å². The number of methoxy groups -OCH3 is 1. The quantitative estimate of drug-likeness (QED) is 0.234. The van der Waals surface area contributed by atoms with Gasteiger partial charge in [-0.1, -0.05) is 12.1 Å². The average molecular weight is 343 g/mol. The standard InChI is InChI=1S/C14H18NO7P/c1-4-21-23(19,22-5-2)13(14(16)20-3)10-11-7-6-8-12(9-11)15(17)18/h6-10H,4-5H2,1-3H3/b13-10+. The normalized spacial score (nSPS) is 12.0. The Morgan fingerprint density at radius 3 is 2.39 bits per heavy atom. The molecule has 8 nitrogen and oxygen atoms in total. The smallest absolute Gasteiger partial charge is 0.368 e. The van der Waals surface area contributed by atoms with Crippen molar-refractivity contribution in [1.29, 1.82) is 0 Å². The summed E-state index contributed by atoms with van der Waals surface area (Å²) >= 11 is 0. The van der Waals surface area contributed by atoms with Gasteiger partial charge in [0.1, 0.15) is 5.31 Å². The molecule has 0 aliphatic heterocycles. The number of esters is 1. The number of hydrogen-bond acceptors (Lipinski definition) is 7. The first-order valence-corrected chi connectivity index (χ1v) is 8.36. The molecule has 0 saturated heterocycles. The van der Waals surface area contributed by atoms with E-state index in [2.05, 4.69) is 4.74 Å². The topological polar surface area (TPSA) is 105 Å². The molecule has 0 unspecified atom stereocenters. The second kappa shape index (κ2) is 8.57. The van der Waals surface area contributed by atoms with Crippen LogP contribution in [0.25, 0.3) is 6.08 Å². The van der Waals surface area contributed by atoms with Crippen LogP contribution in [0.3, 0.4) is 0 Å². The van der Waals surface area contributed by atoms with Crippen LogP contribution in [-0.4, -0.2) is 31.2 Å². The number of nitro groups is 1. The fraction of sp³-hybridized carbons (Fsp3) is 0.357. The first kappa shape index (κ1) is 19.0. The molecular formula is C14H18NO7P. The van der Waals surface area contributed by atoms with Gasteiger partial charge in [0.15, 0.2) is 0 Å². The Morgan fingerprint density at radius 2 is 1.91 bits per heavy atom. The van der Waals surface area contributed by atoms with E-state index < -0.39 is 18.5 Å². The van der Waals surface area contributed by atoms with Crippen molar-refractivity contribution >= 4 is 25.3 Å². The zero-order valence-corrected chi connectivity index (χ0v) is 13.9. The minimum atomic E-state index is -3.89. The highest BCUT2D eigenvalue weighted by Gasteiger charge is 2.35. The Labute approximate surface area is 133 Å². The summed E-state index contributed by atoms with van der Waals surface area (Å²) in [6.07, 6.45) is 1.21. The molecular weight excluding hydrogens is 325 g/mol. The molecule has 1 rings (SSSR count). The number of rotatable bonds is 8. The number of carbonyl (C=O) groups is 1. The predicted octanol–water partition coefficient (Wildman–Crippen LogP) is 3.37. The number of ether oxygens (including phenoxy) is 1. The van der Waals surface area contributed by atoms with Crippen LogP contribution in [-0.2, 0) is 23.1 Å². The highest BCUT2D eigenvalue weighted by Crippen LogP contribution is 2.57. The van der Waals surface area contributed by atoms with Crippen LogP contribution in [0.2, 0.25) is 0 Å². The number of nitrogens with zero attached hydrogens (tertiary/aromatic N) is 1. The first-order valence-electron chi connectivity index (χ1n) is 6.82. The van der Waals surface area contributed by atoms with Crippen molar-refractivity contribution in [3.8, 4) is 0 Å². The summed E-state index contributed by atoms with van der Waals surface area (Å²) in [6, 6.07) is 5.52. The van der Waals surface area contributed by atoms with Crippen molar-refractivity contribution in [3.63, 3.8) is 0 Å². The molecule has 0 bridgehead atoms. The van der Waals surface area contributed by atoms with Crippen LogP contribution < -0.4 is 0 Å². The van der Waals surface area contributed by atoms with Crippen molar-refractivity contribution in [3.05, 3.63) is 45.3 Å². The van der Waals surface area contributed by atoms with Crippen molar-refractivity contribution in [2.45, 2.75) is 13.8 Å². The molecule has 0 fully saturated rings. The lowest BCUT2D eigenvalue weighted by molar-refractivity contribution is -0.384. The third-order valence-corrected chi connectivity index (χ3v) is 4.77. The minimum Gasteiger partial charge on any atom is -0.465 e. The molecule has 0 aliphatic carbocycles. The SMILES string of the molecule is CCOP(=O)(OCC)/C(=C/c1cccc([N+](=O)[O-])c1)C(=O)OC. The van der Waals surface area contributed by atoms with E-state index in [9.17, 15) is 19.5 Å². The lowest BCUT2D eigenvalue weighted by Gasteiger charge is -2.18. The number of carbonyl (C=O) groups excluding carboxylic acids is 1. The first-order chi connectivity index (χ1) is 10.9. The third-order valence-electron chi connectivity index (χ3n) is 2.67. The average Bonchev–Trinajstić information content (AvgIpc) is 2.52. The maximum atomic E-state index is 12.8. The van der Waals surface area contributed by atoms with Crippen LogP contribution in [0.15, 0.2) is 29.6 Å². The van der Waals surface area contributed by atoms with Crippen molar-refractivity contribution in [2.24, 2.45) is 0 Å². The molecule has 0 aromatic heterocycles. The zero-order chi connectivity index (χ0) is 17.5. The van der Waals surface area contributed by atoms with Crippen molar-refractivity contribution < 1.29 is 28.1 Å². The Balaban J connectivity index is 3.40. The van der Waals surface area contributed by atoms with Gasteiger partial charge in [0.2, 0.25) is 0 Å². The van der Waals surface area contributed by atoms with Crippen LogP contribution >= 0.6 is 7.60 Å². The van der Waals surface area contributed by atoms with E-state index in [1.54, 1.807) is 13.8 Å². The van der Waals surface area contributed by atoms with Gasteiger partial charge in [-0.05, 0) is 25.5 Å². The van der Waals surface area contributed by atoms with E-state index in [0.29, 0.717) is 5.56 Å². The molecule has 0 heterocycles. The highest BCUT2D eigenvalue weighted by molar-refractivity contribution is 7.60. The summed E-state index contributed by atoms with van der Waals surface area (Å²) in [5.74, 6) is -0.887. The van der Waals surface area contributed by atoms with Gasteiger partial charge in [-0.2, -0.15) is 0 Å². The molecule has 0 atom stereocenters. The number of non-ortho nitro benzene ring substituents is 1. The predicted molar refractivity (Wildman–Crippen MR) is 83.9 cm³/mol. The van der Waals surface area contributed by atoms with E-state index in [-0.39, 0.29) is 24.2 Å². The second-order valence-corrected chi connectivity index (χ2v) is 6.20. The van der Waals surface area contributed by atoms with Gasteiger partial charge >= 0.3 is 13.6 Å². The van der Waals surface area contributed by atoms with E-state index >= 15 is 0 Å². The van der Waals surface area contributed by atoms with E-state index in [4.69, 9.17) is 9.05 Å². The third kappa shape index (κ3) is 4.99. The Kier molecular flexibility index (Phi) is 7.09. The van der Waals surface area contributed by atoms with Gasteiger partial charge < -0.3 is 13.8 Å². The van der Waals surface area contributed by atoms with Crippen molar-refractivity contribution in [1.82, 2.24) is 0 Å². The molecule has 23 heavy (non-hydrogen) atoms. The summed E-state index contributed by atoms with van der Waals surface area (Å²) in [5.41, 5.74) is 0.143. The number of hydrogen-bond donors (Lipinski definition) is 0. The lowest BCUT2D eigenvalue weighted by atomic mass is 10.2. The van der Waals surface area contributed by atoms with Gasteiger partial charge in [-0.15, -0.1) is 0 Å². The summed E-state index contributed by atoms with van der Waals surface area (Å²) in [5, 5.41) is 10.5. The monoisotopic (exact) mass is 343 g/mol. The zero-order valence-electron chi connectivity index (χ0n) is 13.1. The molecule has 0 spiro atoms. The molecule has 0 aliphatic rings. The summed E-state index contributed by atoms with van der Waals surface area (Å²) in [7, 11) is -2.76. The number of benzene rings is 1. The fourth-order valence-electron chi connectivity index (χ4n) is 1.76. The largest absolute Gasteiger partial charge is 0.465 e. The minimum absolute atomic E-state index is 0.0561. The van der Waals surface area contributed by atoms with Gasteiger partial charge in [0, 0.05) is 12.1 Å². The van der Waals surface area contributed by atoms with Crippen LogP contribution in [0.4, 0.5) is 5.69 Å². The molecule has 0 radical (unpaired) electrons.